The molecule has 1 heterocycles. The van der Waals surface area contributed by atoms with Crippen LogP contribution in [0.5, 0.6) is 5.75 Å². The summed E-state index contributed by atoms with van der Waals surface area (Å²) in [6.45, 7) is 0.983. The zero-order valence-corrected chi connectivity index (χ0v) is 10.9. The van der Waals surface area contributed by atoms with Crippen molar-refractivity contribution in [2.75, 3.05) is 19.0 Å². The molecule has 0 radical (unpaired) electrons. The maximum atomic E-state index is 14.4. The number of rotatable bonds is 2. The van der Waals surface area contributed by atoms with Gasteiger partial charge in [-0.05, 0) is 36.1 Å². The fourth-order valence-electron chi connectivity index (χ4n) is 2.64. The summed E-state index contributed by atoms with van der Waals surface area (Å²) in [7, 11) is 1.49. The molecule has 2 nitrogen and oxygen atoms in total. The van der Waals surface area contributed by atoms with Crippen molar-refractivity contribution in [2.45, 2.75) is 12.8 Å². The summed E-state index contributed by atoms with van der Waals surface area (Å²) in [4.78, 5) is 0. The van der Waals surface area contributed by atoms with E-state index in [1.807, 2.05) is 24.3 Å². The molecular weight excluding hydrogens is 241 g/mol. The van der Waals surface area contributed by atoms with Crippen LogP contribution in [0.2, 0.25) is 0 Å². The van der Waals surface area contributed by atoms with Crippen LogP contribution in [0, 0.1) is 5.82 Å². The predicted octanol–water partition coefficient (Wildman–Crippen LogP) is 3.86. The number of benzene rings is 2. The molecule has 0 saturated carbocycles. The van der Waals surface area contributed by atoms with Crippen LogP contribution in [-0.2, 0) is 6.42 Å². The highest BCUT2D eigenvalue weighted by Gasteiger charge is 2.17. The van der Waals surface area contributed by atoms with Crippen molar-refractivity contribution in [3.8, 4) is 16.9 Å². The van der Waals surface area contributed by atoms with Crippen molar-refractivity contribution in [3.63, 3.8) is 0 Å². The van der Waals surface area contributed by atoms with Crippen molar-refractivity contribution in [2.24, 2.45) is 0 Å². The SMILES string of the molecule is COc1cccc(-c2cccc3c2CCCN3)c1F. The minimum absolute atomic E-state index is 0.288. The first kappa shape index (κ1) is 12.0. The number of fused-ring (bicyclic) bond motifs is 1. The molecule has 0 amide bonds. The fourth-order valence-corrected chi connectivity index (χ4v) is 2.64. The van der Waals surface area contributed by atoms with Crippen LogP contribution in [0.3, 0.4) is 0 Å². The van der Waals surface area contributed by atoms with Crippen LogP contribution in [0.25, 0.3) is 11.1 Å². The van der Waals surface area contributed by atoms with Gasteiger partial charge in [0.2, 0.25) is 0 Å². The number of anilines is 1. The molecule has 0 aliphatic carbocycles. The van der Waals surface area contributed by atoms with Crippen LogP contribution < -0.4 is 10.1 Å². The largest absolute Gasteiger partial charge is 0.494 e. The Morgan fingerprint density at radius 1 is 1.11 bits per heavy atom. The third kappa shape index (κ3) is 2.05. The molecule has 1 N–H and O–H groups in total. The van der Waals surface area contributed by atoms with Gasteiger partial charge in [-0.25, -0.2) is 4.39 Å². The Morgan fingerprint density at radius 3 is 2.74 bits per heavy atom. The fraction of sp³-hybridized carbons (Fsp3) is 0.250. The molecule has 0 bridgehead atoms. The van der Waals surface area contributed by atoms with Gasteiger partial charge in [-0.15, -0.1) is 0 Å². The van der Waals surface area contributed by atoms with Crippen molar-refractivity contribution in [1.82, 2.24) is 0 Å². The smallest absolute Gasteiger partial charge is 0.172 e. The first-order valence-corrected chi connectivity index (χ1v) is 6.50. The number of hydrogen-bond donors (Lipinski definition) is 1. The molecule has 3 heteroatoms. The third-order valence-corrected chi connectivity index (χ3v) is 3.57. The molecule has 0 atom stereocenters. The summed E-state index contributed by atoms with van der Waals surface area (Å²) in [5.74, 6) is 0.00263. The minimum Gasteiger partial charge on any atom is -0.494 e. The maximum Gasteiger partial charge on any atom is 0.172 e. The van der Waals surface area contributed by atoms with Crippen molar-refractivity contribution in [1.29, 1.82) is 0 Å². The van der Waals surface area contributed by atoms with E-state index >= 15 is 0 Å². The summed E-state index contributed by atoms with van der Waals surface area (Å²) in [6, 6.07) is 11.3. The average molecular weight is 257 g/mol. The van der Waals surface area contributed by atoms with E-state index in [9.17, 15) is 4.39 Å². The van der Waals surface area contributed by atoms with E-state index in [2.05, 4.69) is 11.4 Å². The second kappa shape index (κ2) is 4.92. The molecule has 1 aliphatic heterocycles. The molecule has 2 aromatic carbocycles. The average Bonchev–Trinajstić information content (AvgIpc) is 2.47. The first-order chi connectivity index (χ1) is 9.31. The lowest BCUT2D eigenvalue weighted by Crippen LogP contribution is -2.12. The third-order valence-electron chi connectivity index (χ3n) is 3.57. The Labute approximate surface area is 112 Å². The molecule has 19 heavy (non-hydrogen) atoms. The van der Waals surface area contributed by atoms with E-state index in [1.54, 1.807) is 6.07 Å². The minimum atomic E-state index is -0.288. The lowest BCUT2D eigenvalue weighted by molar-refractivity contribution is 0.387. The van der Waals surface area contributed by atoms with Gasteiger partial charge in [0.1, 0.15) is 0 Å². The molecule has 98 valence electrons. The predicted molar refractivity (Wildman–Crippen MR) is 75.2 cm³/mol. The highest BCUT2D eigenvalue weighted by molar-refractivity contribution is 5.76. The van der Waals surface area contributed by atoms with Crippen molar-refractivity contribution < 1.29 is 9.13 Å². The second-order valence-corrected chi connectivity index (χ2v) is 4.68. The second-order valence-electron chi connectivity index (χ2n) is 4.68. The number of nitrogens with one attached hydrogen (secondary N) is 1. The van der Waals surface area contributed by atoms with Gasteiger partial charge < -0.3 is 10.1 Å². The molecule has 2 aromatic rings. The van der Waals surface area contributed by atoms with E-state index in [-0.39, 0.29) is 5.82 Å². The van der Waals surface area contributed by atoms with Gasteiger partial charge in [0.25, 0.3) is 0 Å². The van der Waals surface area contributed by atoms with E-state index < -0.39 is 0 Å². The van der Waals surface area contributed by atoms with E-state index in [4.69, 9.17) is 4.74 Å². The van der Waals surface area contributed by atoms with Gasteiger partial charge in [0, 0.05) is 17.8 Å². The molecular formula is C16H16FNO. The first-order valence-electron chi connectivity index (χ1n) is 6.50. The van der Waals surface area contributed by atoms with Crippen molar-refractivity contribution >= 4 is 5.69 Å². The van der Waals surface area contributed by atoms with Crippen LogP contribution in [0.15, 0.2) is 36.4 Å². The normalized spacial score (nSPS) is 13.6. The Morgan fingerprint density at radius 2 is 1.89 bits per heavy atom. The monoisotopic (exact) mass is 257 g/mol. The van der Waals surface area contributed by atoms with E-state index in [0.717, 1.165) is 30.6 Å². The zero-order chi connectivity index (χ0) is 13.2. The molecule has 0 fully saturated rings. The molecule has 0 spiro atoms. The summed E-state index contributed by atoms with van der Waals surface area (Å²) in [5, 5.41) is 3.37. The lowest BCUT2D eigenvalue weighted by atomic mass is 9.92. The van der Waals surface area contributed by atoms with Crippen LogP contribution in [-0.4, -0.2) is 13.7 Å². The Hall–Kier alpha value is -2.03. The standard InChI is InChI=1S/C16H16FNO/c1-19-15-9-3-6-13(16(15)17)11-5-2-8-14-12(11)7-4-10-18-14/h2-3,5-6,8-9,18H,4,7,10H2,1H3. The molecule has 0 saturated heterocycles. The van der Waals surface area contributed by atoms with Gasteiger partial charge in [-0.3, -0.25) is 0 Å². The number of ether oxygens (including phenoxy) is 1. The lowest BCUT2D eigenvalue weighted by Gasteiger charge is -2.21. The topological polar surface area (TPSA) is 21.3 Å². The Balaban J connectivity index is 2.17. The highest BCUT2D eigenvalue weighted by Crippen LogP contribution is 2.36. The van der Waals surface area contributed by atoms with Gasteiger partial charge >= 0.3 is 0 Å². The van der Waals surface area contributed by atoms with Crippen LogP contribution >= 0.6 is 0 Å². The zero-order valence-electron chi connectivity index (χ0n) is 10.9. The van der Waals surface area contributed by atoms with Crippen molar-refractivity contribution in [3.05, 3.63) is 47.8 Å². The highest BCUT2D eigenvalue weighted by atomic mass is 19.1. The molecule has 0 unspecified atom stereocenters. The molecule has 0 aromatic heterocycles. The molecule has 1 aliphatic rings. The number of methoxy groups -OCH3 is 1. The summed E-state index contributed by atoms with van der Waals surface area (Å²) < 4.78 is 19.4. The van der Waals surface area contributed by atoms with Gasteiger partial charge in [-0.2, -0.15) is 0 Å². The van der Waals surface area contributed by atoms with Crippen LogP contribution in [0.1, 0.15) is 12.0 Å². The van der Waals surface area contributed by atoms with Gasteiger partial charge in [0.05, 0.1) is 7.11 Å². The number of halogens is 1. The Bertz CT molecular complexity index is 610. The quantitative estimate of drug-likeness (QED) is 0.882. The van der Waals surface area contributed by atoms with Crippen LogP contribution in [0.4, 0.5) is 10.1 Å². The molecule has 3 rings (SSSR count). The van der Waals surface area contributed by atoms with E-state index in [1.165, 1.54) is 12.7 Å². The Kier molecular flexibility index (Phi) is 3.11. The number of hydrogen-bond acceptors (Lipinski definition) is 2. The summed E-state index contributed by atoms with van der Waals surface area (Å²) >= 11 is 0. The summed E-state index contributed by atoms with van der Waals surface area (Å²) in [6.07, 6.45) is 2.06. The van der Waals surface area contributed by atoms with Gasteiger partial charge in [0.15, 0.2) is 11.6 Å². The summed E-state index contributed by atoms with van der Waals surface area (Å²) in [5.41, 5.74) is 3.88. The van der Waals surface area contributed by atoms with E-state index in [0.29, 0.717) is 11.3 Å². The van der Waals surface area contributed by atoms with Gasteiger partial charge in [-0.1, -0.05) is 24.3 Å². The maximum absolute atomic E-state index is 14.4.